The van der Waals surface area contributed by atoms with Crippen LogP contribution in [0.4, 0.5) is 0 Å². The molecule has 4 heteroatoms. The second kappa shape index (κ2) is 5.43. The lowest BCUT2D eigenvalue weighted by Crippen LogP contribution is -2.39. The molecule has 0 saturated carbocycles. The minimum Gasteiger partial charge on any atom is -0.466 e. The van der Waals surface area contributed by atoms with E-state index in [1.807, 2.05) is 18.7 Å². The molecular formula is C8H15NO2S. The van der Waals surface area contributed by atoms with Crippen LogP contribution in [0.5, 0.6) is 0 Å². The molecule has 0 aliphatic carbocycles. The Morgan fingerprint density at radius 3 is 3.17 bits per heavy atom. The number of thioether (sulfide) groups is 1. The first-order chi connectivity index (χ1) is 5.83. The molecule has 1 saturated heterocycles. The number of rotatable bonds is 3. The van der Waals surface area contributed by atoms with Gasteiger partial charge in [0.15, 0.2) is 0 Å². The maximum absolute atomic E-state index is 11.0. The number of hydrogen-bond donors (Lipinski definition) is 1. The zero-order valence-electron chi connectivity index (χ0n) is 7.34. The molecule has 3 nitrogen and oxygen atoms in total. The summed E-state index contributed by atoms with van der Waals surface area (Å²) >= 11 is 1.89. The Morgan fingerprint density at radius 1 is 1.75 bits per heavy atom. The van der Waals surface area contributed by atoms with Crippen LogP contribution < -0.4 is 5.32 Å². The highest BCUT2D eigenvalue weighted by molar-refractivity contribution is 7.99. The topological polar surface area (TPSA) is 38.3 Å². The average Bonchev–Trinajstić information content (AvgIpc) is 2.06. The highest BCUT2D eigenvalue weighted by Gasteiger charge is 2.16. The van der Waals surface area contributed by atoms with Crippen molar-refractivity contribution in [2.45, 2.75) is 19.4 Å². The predicted octanol–water partition coefficient (Wildman–Crippen LogP) is 0.645. The molecule has 0 radical (unpaired) electrons. The van der Waals surface area contributed by atoms with Crippen molar-refractivity contribution in [2.24, 2.45) is 0 Å². The molecule has 12 heavy (non-hydrogen) atoms. The molecule has 1 aliphatic rings. The smallest absolute Gasteiger partial charge is 0.307 e. The number of ether oxygens (including phenoxy) is 1. The Hall–Kier alpha value is -0.220. The minimum absolute atomic E-state index is 0.0856. The van der Waals surface area contributed by atoms with Crippen molar-refractivity contribution < 1.29 is 9.53 Å². The van der Waals surface area contributed by atoms with Crippen molar-refractivity contribution in [3.8, 4) is 0 Å². The van der Waals surface area contributed by atoms with Gasteiger partial charge < -0.3 is 10.1 Å². The molecule has 1 heterocycles. The molecule has 1 atom stereocenters. The van der Waals surface area contributed by atoms with Gasteiger partial charge in [0, 0.05) is 24.1 Å². The summed E-state index contributed by atoms with van der Waals surface area (Å²) in [7, 11) is 0. The molecule has 1 unspecified atom stereocenters. The lowest BCUT2D eigenvalue weighted by Gasteiger charge is -2.21. The number of carbonyl (C=O) groups is 1. The number of nitrogens with one attached hydrogen (secondary N) is 1. The summed E-state index contributed by atoms with van der Waals surface area (Å²) < 4.78 is 4.86. The van der Waals surface area contributed by atoms with Gasteiger partial charge in [-0.15, -0.1) is 0 Å². The van der Waals surface area contributed by atoms with Crippen molar-refractivity contribution in [3.05, 3.63) is 0 Å². The largest absolute Gasteiger partial charge is 0.466 e. The lowest BCUT2D eigenvalue weighted by molar-refractivity contribution is -0.143. The van der Waals surface area contributed by atoms with Crippen LogP contribution >= 0.6 is 11.8 Å². The third kappa shape index (κ3) is 3.45. The number of hydrogen-bond acceptors (Lipinski definition) is 4. The maximum Gasteiger partial charge on any atom is 0.307 e. The van der Waals surface area contributed by atoms with Crippen molar-refractivity contribution in [1.29, 1.82) is 0 Å². The zero-order chi connectivity index (χ0) is 8.81. The molecule has 0 bridgehead atoms. The van der Waals surface area contributed by atoms with E-state index in [4.69, 9.17) is 4.74 Å². The third-order valence-electron chi connectivity index (χ3n) is 1.72. The molecule has 0 spiro atoms. The summed E-state index contributed by atoms with van der Waals surface area (Å²) in [5, 5.41) is 3.29. The Kier molecular flexibility index (Phi) is 4.46. The molecule has 0 aromatic heterocycles. The van der Waals surface area contributed by atoms with Gasteiger partial charge in [-0.05, 0) is 6.92 Å². The average molecular weight is 189 g/mol. The van der Waals surface area contributed by atoms with E-state index in [9.17, 15) is 4.79 Å². The lowest BCUT2D eigenvalue weighted by atomic mass is 10.2. The monoisotopic (exact) mass is 189 g/mol. The van der Waals surface area contributed by atoms with Crippen LogP contribution in [-0.4, -0.2) is 36.7 Å². The molecule has 0 aromatic carbocycles. The minimum atomic E-state index is -0.0856. The van der Waals surface area contributed by atoms with Crippen LogP contribution in [0.1, 0.15) is 13.3 Å². The second-order valence-electron chi connectivity index (χ2n) is 2.74. The summed E-state index contributed by atoms with van der Waals surface area (Å²) in [6.45, 7) is 3.33. The summed E-state index contributed by atoms with van der Waals surface area (Å²) in [5.41, 5.74) is 0. The van der Waals surface area contributed by atoms with Gasteiger partial charge in [-0.2, -0.15) is 11.8 Å². The van der Waals surface area contributed by atoms with E-state index in [1.54, 1.807) is 0 Å². The maximum atomic E-state index is 11.0. The first-order valence-electron chi connectivity index (χ1n) is 4.29. The first kappa shape index (κ1) is 9.86. The van der Waals surface area contributed by atoms with Crippen molar-refractivity contribution in [2.75, 3.05) is 24.7 Å². The van der Waals surface area contributed by atoms with Crippen LogP contribution in [-0.2, 0) is 9.53 Å². The van der Waals surface area contributed by atoms with Crippen molar-refractivity contribution in [3.63, 3.8) is 0 Å². The first-order valence-corrected chi connectivity index (χ1v) is 5.45. The van der Waals surface area contributed by atoms with Crippen LogP contribution in [0, 0.1) is 0 Å². The molecule has 70 valence electrons. The van der Waals surface area contributed by atoms with Crippen LogP contribution in [0.3, 0.4) is 0 Å². The zero-order valence-corrected chi connectivity index (χ0v) is 8.15. The predicted molar refractivity (Wildman–Crippen MR) is 50.4 cm³/mol. The third-order valence-corrected chi connectivity index (χ3v) is 2.85. The normalized spacial score (nSPS) is 23.6. The van der Waals surface area contributed by atoms with Gasteiger partial charge in [0.2, 0.25) is 0 Å². The van der Waals surface area contributed by atoms with E-state index in [2.05, 4.69) is 5.32 Å². The Balaban J connectivity index is 2.15. The molecule has 1 rings (SSSR count). The SMILES string of the molecule is CCOC(=O)CC1CSCCN1. The molecule has 1 N–H and O–H groups in total. The number of carbonyl (C=O) groups excluding carboxylic acids is 1. The van der Waals surface area contributed by atoms with Gasteiger partial charge in [-0.1, -0.05) is 0 Å². The van der Waals surface area contributed by atoms with Gasteiger partial charge in [0.1, 0.15) is 0 Å². The van der Waals surface area contributed by atoms with Crippen molar-refractivity contribution >= 4 is 17.7 Å². The molecule has 1 fully saturated rings. The quantitative estimate of drug-likeness (QED) is 0.661. The van der Waals surface area contributed by atoms with Gasteiger partial charge in [-0.3, -0.25) is 4.79 Å². The van der Waals surface area contributed by atoms with Crippen LogP contribution in [0.2, 0.25) is 0 Å². The Morgan fingerprint density at radius 2 is 2.58 bits per heavy atom. The Bertz CT molecular complexity index is 146. The van der Waals surface area contributed by atoms with E-state index < -0.39 is 0 Å². The van der Waals surface area contributed by atoms with Gasteiger partial charge in [-0.25, -0.2) is 0 Å². The molecular weight excluding hydrogens is 174 g/mol. The fourth-order valence-electron chi connectivity index (χ4n) is 1.17. The summed E-state index contributed by atoms with van der Waals surface area (Å²) in [6.07, 6.45) is 0.515. The van der Waals surface area contributed by atoms with Gasteiger partial charge in [0.05, 0.1) is 13.0 Å². The van der Waals surface area contributed by atoms with E-state index in [0.717, 1.165) is 18.1 Å². The highest BCUT2D eigenvalue weighted by Crippen LogP contribution is 2.10. The van der Waals surface area contributed by atoms with Gasteiger partial charge >= 0.3 is 5.97 Å². The van der Waals surface area contributed by atoms with E-state index >= 15 is 0 Å². The van der Waals surface area contributed by atoms with Crippen LogP contribution in [0.25, 0.3) is 0 Å². The fraction of sp³-hybridized carbons (Fsp3) is 0.875. The standard InChI is InChI=1S/C8H15NO2S/c1-2-11-8(10)5-7-6-12-4-3-9-7/h7,9H,2-6H2,1H3. The summed E-state index contributed by atoms with van der Waals surface area (Å²) in [4.78, 5) is 11.0. The summed E-state index contributed by atoms with van der Waals surface area (Å²) in [5.74, 6) is 2.09. The number of esters is 1. The van der Waals surface area contributed by atoms with Gasteiger partial charge in [0.25, 0.3) is 0 Å². The Labute approximate surface area is 77.2 Å². The van der Waals surface area contributed by atoms with Crippen LogP contribution in [0.15, 0.2) is 0 Å². The van der Waals surface area contributed by atoms with Crippen molar-refractivity contribution in [1.82, 2.24) is 5.32 Å². The second-order valence-corrected chi connectivity index (χ2v) is 3.88. The fourth-order valence-corrected chi connectivity index (χ4v) is 2.12. The van der Waals surface area contributed by atoms with E-state index in [0.29, 0.717) is 19.1 Å². The molecule has 1 aliphatic heterocycles. The molecule has 0 aromatic rings. The van der Waals surface area contributed by atoms with E-state index in [1.165, 1.54) is 0 Å². The van der Waals surface area contributed by atoms with E-state index in [-0.39, 0.29) is 5.97 Å². The summed E-state index contributed by atoms with van der Waals surface area (Å²) in [6, 6.07) is 0.322. The highest BCUT2D eigenvalue weighted by atomic mass is 32.2. The molecule has 0 amide bonds.